The number of carboxylic acid groups (broad SMARTS) is 1. The molecule has 8 nitrogen and oxygen atoms in total. The van der Waals surface area contributed by atoms with Gasteiger partial charge in [0.1, 0.15) is 6.61 Å². The van der Waals surface area contributed by atoms with Crippen LogP contribution in [0, 0.1) is 0 Å². The van der Waals surface area contributed by atoms with Crippen LogP contribution in [0.15, 0.2) is 60.8 Å². The lowest BCUT2D eigenvalue weighted by molar-refractivity contribution is -0.887. The number of quaternary nitrogens is 1. The van der Waals surface area contributed by atoms with Gasteiger partial charge in [0.15, 0.2) is 12.1 Å². The molecule has 0 bridgehead atoms. The number of rotatable bonds is 40. The summed E-state index contributed by atoms with van der Waals surface area (Å²) in [6.45, 7) is 4.58. The first-order chi connectivity index (χ1) is 27.6. The zero-order chi connectivity index (χ0) is 42.1. The van der Waals surface area contributed by atoms with Crippen molar-refractivity contribution >= 4 is 17.9 Å². The molecule has 0 aromatic heterocycles. The minimum atomic E-state index is -0.883. The fraction of sp³-hybridized carbons (Fsp3) is 0.735. The molecule has 0 fully saturated rings. The average Bonchev–Trinajstić information content (AvgIpc) is 3.17. The first-order valence-electron chi connectivity index (χ1n) is 22.8. The van der Waals surface area contributed by atoms with E-state index in [1.165, 1.54) is 77.0 Å². The Morgan fingerprint density at radius 2 is 0.982 bits per heavy atom. The van der Waals surface area contributed by atoms with Crippen molar-refractivity contribution in [2.24, 2.45) is 0 Å². The van der Waals surface area contributed by atoms with Crippen LogP contribution in [0.2, 0.25) is 0 Å². The summed E-state index contributed by atoms with van der Waals surface area (Å²) in [6.07, 6.45) is 48.3. The number of carbonyl (C=O) groups is 3. The van der Waals surface area contributed by atoms with Gasteiger partial charge in [-0.1, -0.05) is 145 Å². The second-order valence-electron chi connectivity index (χ2n) is 16.3. The summed E-state index contributed by atoms with van der Waals surface area (Å²) in [5.74, 6) is -1.52. The molecule has 0 aromatic carbocycles. The molecule has 0 rings (SSSR count). The van der Waals surface area contributed by atoms with E-state index in [1.54, 1.807) is 0 Å². The molecular weight excluding hydrogens is 715 g/mol. The number of allylic oxidation sites excluding steroid dienone is 10. The first kappa shape index (κ1) is 54.0. The molecule has 1 N–H and O–H groups in total. The van der Waals surface area contributed by atoms with Crippen molar-refractivity contribution in [3.8, 4) is 0 Å². The summed E-state index contributed by atoms with van der Waals surface area (Å²) in [7, 11) is 5.51. The fourth-order valence-electron chi connectivity index (χ4n) is 6.37. The molecule has 0 amide bonds. The highest BCUT2D eigenvalue weighted by Gasteiger charge is 2.31. The summed E-state index contributed by atoms with van der Waals surface area (Å²) < 4.78 is 17.3. The lowest BCUT2D eigenvalue weighted by atomic mass is 10.1. The molecule has 0 saturated heterocycles. The van der Waals surface area contributed by atoms with Crippen molar-refractivity contribution in [3.05, 3.63) is 60.8 Å². The highest BCUT2D eigenvalue weighted by Crippen LogP contribution is 2.13. The number of hydrogen-bond acceptors (Lipinski definition) is 6. The maximum atomic E-state index is 12.7. The van der Waals surface area contributed by atoms with Crippen molar-refractivity contribution < 1.29 is 38.2 Å². The summed E-state index contributed by atoms with van der Waals surface area (Å²) in [6, 6.07) is -0.623. The number of unbranched alkanes of at least 4 members (excludes halogenated alkanes) is 16. The third kappa shape index (κ3) is 38.3. The molecule has 0 radical (unpaired) electrons. The molecule has 0 aliphatic rings. The van der Waals surface area contributed by atoms with E-state index in [4.69, 9.17) is 14.2 Å². The topological polar surface area (TPSA) is 99.1 Å². The lowest BCUT2D eigenvalue weighted by Crippen LogP contribution is -2.50. The fourth-order valence-corrected chi connectivity index (χ4v) is 6.37. The Labute approximate surface area is 349 Å². The van der Waals surface area contributed by atoms with Crippen LogP contribution < -0.4 is 0 Å². The molecule has 8 heteroatoms. The minimum absolute atomic E-state index is 0.0449. The van der Waals surface area contributed by atoms with E-state index in [0.717, 1.165) is 70.6 Å². The van der Waals surface area contributed by atoms with Crippen molar-refractivity contribution in [3.63, 3.8) is 0 Å². The maximum Gasteiger partial charge on any atom is 0.362 e. The molecule has 2 atom stereocenters. The SMILES string of the molecule is CC/C=C/C/C=C/C/C=C/C/C=C/CCCCCC(=O)OC(COCCC(C(=O)O)[N+](C)(C)C)COC(=O)CCCCCCCCC/C=C/CCCCCCCC. The Morgan fingerprint density at radius 1 is 0.544 bits per heavy atom. The van der Waals surface area contributed by atoms with Crippen LogP contribution >= 0.6 is 0 Å². The van der Waals surface area contributed by atoms with E-state index in [0.29, 0.717) is 12.8 Å². The van der Waals surface area contributed by atoms with Gasteiger partial charge in [0, 0.05) is 19.3 Å². The standard InChI is InChI=1S/C49H85NO7/c1-6-8-10-12-14-16-18-20-22-24-26-27-29-31-33-35-37-39-47(51)56-44-45(43-55-42-41-46(49(53)54)50(3,4)5)57-48(52)40-38-36-34-32-30-28-25-23-21-19-17-15-13-11-9-7-2/h9,11,15,17,20-23,28,30,45-46H,6-8,10,12-14,16,18-19,24-27,29,31-44H2,1-5H3/p+1/b11-9+,17-15+,22-20+,23-21+,30-28+. The number of hydrogen-bond donors (Lipinski definition) is 1. The lowest BCUT2D eigenvalue weighted by Gasteiger charge is -2.31. The summed E-state index contributed by atoms with van der Waals surface area (Å²) in [4.78, 5) is 37.0. The van der Waals surface area contributed by atoms with Crippen molar-refractivity contribution in [2.75, 3.05) is 41.0 Å². The van der Waals surface area contributed by atoms with Gasteiger partial charge in [-0.15, -0.1) is 0 Å². The van der Waals surface area contributed by atoms with Gasteiger partial charge >= 0.3 is 17.9 Å². The van der Waals surface area contributed by atoms with E-state index in [-0.39, 0.29) is 42.7 Å². The summed E-state index contributed by atoms with van der Waals surface area (Å²) in [5, 5.41) is 9.62. The molecule has 57 heavy (non-hydrogen) atoms. The normalized spacial score (nSPS) is 13.5. The van der Waals surface area contributed by atoms with Crippen LogP contribution in [0.25, 0.3) is 0 Å². The van der Waals surface area contributed by atoms with Gasteiger partial charge in [-0.05, 0) is 77.0 Å². The number of nitrogens with zero attached hydrogens (tertiary/aromatic N) is 1. The van der Waals surface area contributed by atoms with Crippen LogP contribution in [0.3, 0.4) is 0 Å². The highest BCUT2D eigenvalue weighted by atomic mass is 16.6. The van der Waals surface area contributed by atoms with Crippen molar-refractivity contribution in [1.29, 1.82) is 0 Å². The third-order valence-corrected chi connectivity index (χ3v) is 9.90. The first-order valence-corrected chi connectivity index (χ1v) is 22.8. The number of carbonyl (C=O) groups excluding carboxylic acids is 2. The molecule has 328 valence electrons. The number of carboxylic acids is 1. The third-order valence-electron chi connectivity index (χ3n) is 9.90. The van der Waals surface area contributed by atoms with Gasteiger partial charge in [0.25, 0.3) is 0 Å². The molecule has 0 aliphatic carbocycles. The van der Waals surface area contributed by atoms with Crippen LogP contribution in [0.4, 0.5) is 0 Å². The van der Waals surface area contributed by atoms with Gasteiger partial charge < -0.3 is 23.8 Å². The Balaban J connectivity index is 4.39. The summed E-state index contributed by atoms with van der Waals surface area (Å²) >= 11 is 0. The van der Waals surface area contributed by atoms with E-state index in [1.807, 2.05) is 21.1 Å². The zero-order valence-electron chi connectivity index (χ0n) is 37.3. The number of ether oxygens (including phenoxy) is 3. The minimum Gasteiger partial charge on any atom is -0.477 e. The van der Waals surface area contributed by atoms with Crippen LogP contribution in [-0.4, -0.2) is 80.6 Å². The Hall–Kier alpha value is -2.97. The zero-order valence-corrected chi connectivity index (χ0v) is 37.3. The molecule has 0 aliphatic heterocycles. The van der Waals surface area contributed by atoms with E-state index < -0.39 is 18.1 Å². The van der Waals surface area contributed by atoms with Gasteiger partial charge in [0.05, 0.1) is 34.4 Å². The van der Waals surface area contributed by atoms with Crippen LogP contribution in [-0.2, 0) is 28.6 Å². The smallest absolute Gasteiger partial charge is 0.362 e. The Kier molecular flexibility index (Phi) is 37.8. The Morgan fingerprint density at radius 3 is 1.49 bits per heavy atom. The van der Waals surface area contributed by atoms with E-state index in [2.05, 4.69) is 74.6 Å². The molecular formula is C49H86NO7+. The van der Waals surface area contributed by atoms with Crippen molar-refractivity contribution in [2.45, 2.75) is 193 Å². The molecule has 0 heterocycles. The number of aliphatic carboxylic acids is 1. The monoisotopic (exact) mass is 801 g/mol. The average molecular weight is 801 g/mol. The van der Waals surface area contributed by atoms with Crippen LogP contribution in [0.5, 0.6) is 0 Å². The van der Waals surface area contributed by atoms with Gasteiger partial charge in [0.2, 0.25) is 0 Å². The van der Waals surface area contributed by atoms with Crippen LogP contribution in [0.1, 0.15) is 181 Å². The molecule has 2 unspecified atom stereocenters. The predicted octanol–water partition coefficient (Wildman–Crippen LogP) is 12.6. The highest BCUT2D eigenvalue weighted by molar-refractivity contribution is 5.72. The number of likely N-dealkylation sites (N-methyl/N-ethyl adjacent to an activating group) is 1. The number of esters is 2. The summed E-state index contributed by atoms with van der Waals surface area (Å²) in [5.41, 5.74) is 0. The second kappa shape index (κ2) is 39.8. The molecule has 0 saturated carbocycles. The molecule has 0 spiro atoms. The van der Waals surface area contributed by atoms with E-state index in [9.17, 15) is 19.5 Å². The van der Waals surface area contributed by atoms with Gasteiger partial charge in [-0.25, -0.2) is 4.79 Å². The van der Waals surface area contributed by atoms with Gasteiger partial charge in [-0.3, -0.25) is 9.59 Å². The van der Waals surface area contributed by atoms with Crippen molar-refractivity contribution in [1.82, 2.24) is 0 Å². The second-order valence-corrected chi connectivity index (χ2v) is 16.3. The predicted molar refractivity (Wildman–Crippen MR) is 238 cm³/mol. The largest absolute Gasteiger partial charge is 0.477 e. The quantitative estimate of drug-likeness (QED) is 0.0285. The molecule has 0 aromatic rings. The van der Waals surface area contributed by atoms with E-state index >= 15 is 0 Å². The van der Waals surface area contributed by atoms with Gasteiger partial charge in [-0.2, -0.15) is 0 Å². The Bertz CT molecular complexity index is 1120. The maximum absolute atomic E-state index is 12.7.